The summed E-state index contributed by atoms with van der Waals surface area (Å²) in [7, 11) is 0.968. The average Bonchev–Trinajstić information content (AvgIpc) is 2.31. The Balaban J connectivity index is 2.17. The maximum absolute atomic E-state index is 11.3. The number of nitrogens with zero attached hydrogens (tertiary/aromatic N) is 1. The van der Waals surface area contributed by atoms with Crippen molar-refractivity contribution in [3.8, 4) is 5.75 Å². The van der Waals surface area contributed by atoms with Crippen LogP contribution >= 0.6 is 0 Å². The number of anilines is 2. The van der Waals surface area contributed by atoms with Crippen molar-refractivity contribution in [2.75, 3.05) is 42.3 Å². The summed E-state index contributed by atoms with van der Waals surface area (Å²) in [6.07, 6.45) is 0. The number of nitrogen functional groups attached to an aromatic ring is 1. The first kappa shape index (κ1) is 11.3. The number of benzene rings is 1. The molecule has 1 saturated heterocycles. The minimum absolute atomic E-state index is 0.644. The summed E-state index contributed by atoms with van der Waals surface area (Å²) in [5, 5.41) is 0. The fourth-order valence-corrected chi connectivity index (χ4v) is 2.84. The lowest BCUT2D eigenvalue weighted by Crippen LogP contribution is -2.37. The average molecular weight is 240 g/mol. The van der Waals surface area contributed by atoms with Gasteiger partial charge in [-0.15, -0.1) is 0 Å². The Kier molecular flexibility index (Phi) is 3.33. The van der Waals surface area contributed by atoms with Crippen LogP contribution in [0, 0.1) is 0 Å². The zero-order valence-corrected chi connectivity index (χ0v) is 10.1. The normalized spacial score (nSPS) is 17.4. The molecule has 4 nitrogen and oxygen atoms in total. The van der Waals surface area contributed by atoms with E-state index in [0.29, 0.717) is 11.4 Å². The smallest absolute Gasteiger partial charge is 0.143 e. The molecule has 1 aliphatic heterocycles. The van der Waals surface area contributed by atoms with Crippen LogP contribution < -0.4 is 15.4 Å². The summed E-state index contributed by atoms with van der Waals surface area (Å²) in [4.78, 5) is 2.21. The Morgan fingerprint density at radius 3 is 2.69 bits per heavy atom. The van der Waals surface area contributed by atoms with E-state index in [1.165, 1.54) is 0 Å². The van der Waals surface area contributed by atoms with Gasteiger partial charge in [-0.25, -0.2) is 0 Å². The molecule has 1 fully saturated rings. The van der Waals surface area contributed by atoms with Crippen molar-refractivity contribution in [3.63, 3.8) is 0 Å². The molecule has 88 valence electrons. The summed E-state index contributed by atoms with van der Waals surface area (Å²) in [5.41, 5.74) is 7.49. The SMILES string of the molecule is COc1cc(N2CCS(=O)CC2)ccc1N. The Morgan fingerprint density at radius 2 is 2.06 bits per heavy atom. The van der Waals surface area contributed by atoms with Gasteiger partial charge in [0.15, 0.2) is 0 Å². The fourth-order valence-electron chi connectivity index (χ4n) is 1.79. The van der Waals surface area contributed by atoms with Crippen molar-refractivity contribution < 1.29 is 8.95 Å². The summed E-state index contributed by atoms with van der Waals surface area (Å²) >= 11 is 0. The van der Waals surface area contributed by atoms with Crippen molar-refractivity contribution in [1.29, 1.82) is 0 Å². The van der Waals surface area contributed by atoms with Crippen LogP contribution in [0.5, 0.6) is 5.75 Å². The number of hydrogen-bond donors (Lipinski definition) is 1. The monoisotopic (exact) mass is 240 g/mol. The highest BCUT2D eigenvalue weighted by atomic mass is 32.2. The molecule has 1 aromatic carbocycles. The minimum atomic E-state index is -0.644. The van der Waals surface area contributed by atoms with E-state index in [1.54, 1.807) is 7.11 Å². The molecule has 0 saturated carbocycles. The van der Waals surface area contributed by atoms with E-state index in [0.717, 1.165) is 30.3 Å². The van der Waals surface area contributed by atoms with Crippen molar-refractivity contribution >= 4 is 22.2 Å². The molecule has 0 spiro atoms. The third kappa shape index (κ3) is 2.29. The highest BCUT2D eigenvalue weighted by molar-refractivity contribution is 7.85. The van der Waals surface area contributed by atoms with Gasteiger partial charge in [-0.2, -0.15) is 0 Å². The molecule has 0 unspecified atom stereocenters. The standard InChI is InChI=1S/C11H16N2O2S/c1-15-11-8-9(2-3-10(11)12)13-4-6-16(14)7-5-13/h2-3,8H,4-7,12H2,1H3. The summed E-state index contributed by atoms with van der Waals surface area (Å²) in [6, 6.07) is 5.76. The lowest BCUT2D eigenvalue weighted by Gasteiger charge is -2.28. The van der Waals surface area contributed by atoms with Gasteiger partial charge in [0.1, 0.15) is 5.75 Å². The van der Waals surface area contributed by atoms with Crippen molar-refractivity contribution in [1.82, 2.24) is 0 Å². The van der Waals surface area contributed by atoms with Crippen molar-refractivity contribution in [3.05, 3.63) is 18.2 Å². The van der Waals surface area contributed by atoms with Crippen LogP contribution in [0.3, 0.4) is 0 Å². The van der Waals surface area contributed by atoms with Crippen LogP contribution in [-0.2, 0) is 10.8 Å². The number of ether oxygens (including phenoxy) is 1. The molecular weight excluding hydrogens is 224 g/mol. The van der Waals surface area contributed by atoms with Crippen LogP contribution in [0.25, 0.3) is 0 Å². The molecule has 0 atom stereocenters. The van der Waals surface area contributed by atoms with E-state index in [2.05, 4.69) is 4.90 Å². The van der Waals surface area contributed by atoms with E-state index < -0.39 is 10.8 Å². The highest BCUT2D eigenvalue weighted by Gasteiger charge is 2.16. The van der Waals surface area contributed by atoms with Gasteiger partial charge in [-0.05, 0) is 12.1 Å². The Labute approximate surface area is 97.8 Å². The quantitative estimate of drug-likeness (QED) is 0.779. The number of hydrogen-bond acceptors (Lipinski definition) is 4. The summed E-state index contributed by atoms with van der Waals surface area (Å²) in [6.45, 7) is 1.67. The van der Waals surface area contributed by atoms with Crippen LogP contribution in [-0.4, -0.2) is 35.9 Å². The fraction of sp³-hybridized carbons (Fsp3) is 0.455. The number of nitrogens with two attached hydrogens (primary N) is 1. The molecule has 0 aromatic heterocycles. The summed E-state index contributed by atoms with van der Waals surface area (Å²) in [5.74, 6) is 2.18. The molecule has 5 heteroatoms. The highest BCUT2D eigenvalue weighted by Crippen LogP contribution is 2.27. The second-order valence-electron chi connectivity index (χ2n) is 3.76. The van der Waals surface area contributed by atoms with Crippen LogP contribution in [0.2, 0.25) is 0 Å². The molecule has 1 aromatic rings. The molecule has 0 amide bonds. The van der Waals surface area contributed by atoms with Crippen LogP contribution in [0.4, 0.5) is 11.4 Å². The topological polar surface area (TPSA) is 55.6 Å². The first-order valence-electron chi connectivity index (χ1n) is 5.24. The molecule has 1 aliphatic rings. The maximum Gasteiger partial charge on any atom is 0.143 e. The van der Waals surface area contributed by atoms with E-state index in [1.807, 2.05) is 18.2 Å². The largest absolute Gasteiger partial charge is 0.495 e. The Hall–Kier alpha value is -1.23. The molecule has 1 heterocycles. The van der Waals surface area contributed by atoms with E-state index in [9.17, 15) is 4.21 Å². The predicted molar refractivity (Wildman–Crippen MR) is 67.5 cm³/mol. The molecule has 0 aliphatic carbocycles. The van der Waals surface area contributed by atoms with Gasteiger partial charge < -0.3 is 15.4 Å². The zero-order chi connectivity index (χ0) is 11.5. The van der Waals surface area contributed by atoms with Crippen molar-refractivity contribution in [2.24, 2.45) is 0 Å². The van der Waals surface area contributed by atoms with Crippen LogP contribution in [0.15, 0.2) is 18.2 Å². The van der Waals surface area contributed by atoms with Gasteiger partial charge >= 0.3 is 0 Å². The predicted octanol–water partition coefficient (Wildman–Crippen LogP) is 0.846. The van der Waals surface area contributed by atoms with Gasteiger partial charge in [0.2, 0.25) is 0 Å². The van der Waals surface area contributed by atoms with Crippen molar-refractivity contribution in [2.45, 2.75) is 0 Å². The molecular formula is C11H16N2O2S. The molecule has 2 N–H and O–H groups in total. The Bertz CT molecular complexity index is 399. The lowest BCUT2D eigenvalue weighted by atomic mass is 10.2. The lowest BCUT2D eigenvalue weighted by molar-refractivity contribution is 0.417. The third-order valence-electron chi connectivity index (χ3n) is 2.76. The number of methoxy groups -OCH3 is 1. The van der Waals surface area contributed by atoms with Gasteiger partial charge in [0, 0.05) is 47.1 Å². The first-order chi connectivity index (χ1) is 7.70. The first-order valence-corrected chi connectivity index (χ1v) is 6.73. The van der Waals surface area contributed by atoms with Gasteiger partial charge in [-0.3, -0.25) is 4.21 Å². The maximum atomic E-state index is 11.3. The second kappa shape index (κ2) is 4.74. The van der Waals surface area contributed by atoms with E-state index in [4.69, 9.17) is 10.5 Å². The van der Waals surface area contributed by atoms with Gasteiger partial charge in [0.25, 0.3) is 0 Å². The van der Waals surface area contributed by atoms with Gasteiger partial charge in [0.05, 0.1) is 12.8 Å². The number of rotatable bonds is 2. The van der Waals surface area contributed by atoms with Gasteiger partial charge in [-0.1, -0.05) is 0 Å². The second-order valence-corrected chi connectivity index (χ2v) is 5.46. The zero-order valence-electron chi connectivity index (χ0n) is 9.31. The third-order valence-corrected chi connectivity index (χ3v) is 4.04. The van der Waals surface area contributed by atoms with Crippen LogP contribution in [0.1, 0.15) is 0 Å². The molecule has 0 radical (unpaired) electrons. The Morgan fingerprint density at radius 1 is 1.38 bits per heavy atom. The van der Waals surface area contributed by atoms with E-state index in [-0.39, 0.29) is 0 Å². The van der Waals surface area contributed by atoms with E-state index >= 15 is 0 Å². The minimum Gasteiger partial charge on any atom is -0.495 e. The summed E-state index contributed by atoms with van der Waals surface area (Å²) < 4.78 is 16.4. The molecule has 2 rings (SSSR count). The molecule has 16 heavy (non-hydrogen) atoms. The molecule has 0 bridgehead atoms.